The molecule has 0 spiro atoms. The molecule has 186 valence electrons. The van der Waals surface area contributed by atoms with Crippen LogP contribution in [-0.2, 0) is 9.47 Å². The van der Waals surface area contributed by atoms with E-state index in [1.54, 1.807) is 0 Å². The Morgan fingerprint density at radius 1 is 0.657 bits per heavy atom. The first-order valence-electron chi connectivity index (χ1n) is 13.0. The third kappa shape index (κ3) is 8.80. The molecule has 2 aromatic rings. The summed E-state index contributed by atoms with van der Waals surface area (Å²) < 4.78 is 12.8. The topological polar surface area (TPSA) is 18.5 Å². The first-order valence-corrected chi connectivity index (χ1v) is 13.0. The van der Waals surface area contributed by atoms with E-state index in [-0.39, 0.29) is 18.5 Å². The summed E-state index contributed by atoms with van der Waals surface area (Å²) in [5, 5.41) is 0. The average molecular weight is 471 g/mol. The van der Waals surface area contributed by atoms with Crippen molar-refractivity contribution in [2.24, 2.45) is 0 Å². The van der Waals surface area contributed by atoms with E-state index in [2.05, 4.69) is 101 Å². The van der Waals surface area contributed by atoms with E-state index in [1.165, 1.54) is 16.7 Å². The van der Waals surface area contributed by atoms with Gasteiger partial charge in [-0.05, 0) is 82.9 Å². The molecule has 2 nitrogen and oxygen atoms in total. The summed E-state index contributed by atoms with van der Waals surface area (Å²) >= 11 is 0. The van der Waals surface area contributed by atoms with Gasteiger partial charge in [-0.25, -0.2) is 0 Å². The molecule has 0 unspecified atom stereocenters. The second kappa shape index (κ2) is 14.0. The van der Waals surface area contributed by atoms with Crippen LogP contribution in [0.4, 0.5) is 0 Å². The highest BCUT2D eigenvalue weighted by Crippen LogP contribution is 2.44. The van der Waals surface area contributed by atoms with Crippen LogP contribution in [0.15, 0.2) is 108 Å². The Kier molecular flexibility index (Phi) is 10.8. The second-order valence-corrected chi connectivity index (χ2v) is 9.92. The highest BCUT2D eigenvalue weighted by atomic mass is 16.7. The molecule has 1 fully saturated rings. The second-order valence-electron chi connectivity index (χ2n) is 9.92. The Labute approximate surface area is 213 Å². The molecule has 1 saturated heterocycles. The first kappa shape index (κ1) is 26.9. The van der Waals surface area contributed by atoms with Gasteiger partial charge in [0.25, 0.3) is 0 Å². The molecule has 0 aromatic heterocycles. The van der Waals surface area contributed by atoms with E-state index in [1.807, 2.05) is 12.1 Å². The quantitative estimate of drug-likeness (QED) is 0.287. The molecule has 0 N–H and O–H groups in total. The lowest BCUT2D eigenvalue weighted by atomic mass is 9.99. The SMILES string of the molecule is C=C(CCC=C(C)CCC=C(C)CCC=C(C)C)C1O[C@@H](c2ccccc2)[C@H](c2ccccc2)O1. The van der Waals surface area contributed by atoms with Gasteiger partial charge in [0, 0.05) is 0 Å². The van der Waals surface area contributed by atoms with Crippen LogP contribution in [0.3, 0.4) is 0 Å². The molecule has 0 amide bonds. The highest BCUT2D eigenvalue weighted by Gasteiger charge is 2.38. The number of hydrogen-bond acceptors (Lipinski definition) is 2. The summed E-state index contributed by atoms with van der Waals surface area (Å²) in [6.45, 7) is 13.1. The predicted molar refractivity (Wildman–Crippen MR) is 148 cm³/mol. The summed E-state index contributed by atoms with van der Waals surface area (Å²) in [6.07, 6.45) is 12.7. The zero-order chi connectivity index (χ0) is 25.0. The summed E-state index contributed by atoms with van der Waals surface area (Å²) in [6, 6.07) is 20.7. The van der Waals surface area contributed by atoms with Crippen LogP contribution in [0.5, 0.6) is 0 Å². The molecule has 0 aliphatic carbocycles. The van der Waals surface area contributed by atoms with Crippen LogP contribution >= 0.6 is 0 Å². The predicted octanol–water partition coefficient (Wildman–Crippen LogP) is 9.60. The molecular weight excluding hydrogens is 428 g/mol. The van der Waals surface area contributed by atoms with Crippen molar-refractivity contribution in [3.05, 3.63) is 119 Å². The van der Waals surface area contributed by atoms with Gasteiger partial charge in [-0.15, -0.1) is 0 Å². The Bertz CT molecular complexity index is 962. The molecule has 2 atom stereocenters. The Hall–Kier alpha value is -2.68. The maximum absolute atomic E-state index is 6.42. The minimum Gasteiger partial charge on any atom is -0.338 e. The first-order chi connectivity index (χ1) is 16.9. The molecule has 2 heteroatoms. The van der Waals surface area contributed by atoms with Crippen LogP contribution < -0.4 is 0 Å². The van der Waals surface area contributed by atoms with Crippen molar-refractivity contribution in [1.29, 1.82) is 0 Å². The largest absolute Gasteiger partial charge is 0.338 e. The van der Waals surface area contributed by atoms with Gasteiger partial charge < -0.3 is 9.47 Å². The zero-order valence-corrected chi connectivity index (χ0v) is 22.0. The van der Waals surface area contributed by atoms with Gasteiger partial charge >= 0.3 is 0 Å². The van der Waals surface area contributed by atoms with E-state index in [0.717, 1.165) is 55.2 Å². The summed E-state index contributed by atoms with van der Waals surface area (Å²) in [5.41, 5.74) is 7.60. The minimum atomic E-state index is -0.384. The lowest BCUT2D eigenvalue weighted by Crippen LogP contribution is -2.11. The lowest BCUT2D eigenvalue weighted by molar-refractivity contribution is -0.0396. The van der Waals surface area contributed by atoms with Crippen molar-refractivity contribution in [2.75, 3.05) is 0 Å². The van der Waals surface area contributed by atoms with E-state index >= 15 is 0 Å². The number of ether oxygens (including phenoxy) is 2. The average Bonchev–Trinajstić information content (AvgIpc) is 3.31. The van der Waals surface area contributed by atoms with Crippen molar-refractivity contribution in [2.45, 2.75) is 84.7 Å². The van der Waals surface area contributed by atoms with Gasteiger partial charge in [0.15, 0.2) is 6.29 Å². The molecule has 3 rings (SSSR count). The van der Waals surface area contributed by atoms with Gasteiger partial charge in [-0.1, -0.05) is 102 Å². The minimum absolute atomic E-state index is 0.135. The lowest BCUT2D eigenvalue weighted by Gasteiger charge is -2.17. The zero-order valence-electron chi connectivity index (χ0n) is 22.0. The summed E-state index contributed by atoms with van der Waals surface area (Å²) in [7, 11) is 0. The molecule has 0 bridgehead atoms. The van der Waals surface area contributed by atoms with Crippen molar-refractivity contribution >= 4 is 0 Å². The maximum Gasteiger partial charge on any atom is 0.181 e. The smallest absolute Gasteiger partial charge is 0.181 e. The summed E-state index contributed by atoms with van der Waals surface area (Å²) in [5.74, 6) is 0. The van der Waals surface area contributed by atoms with Gasteiger partial charge in [0.2, 0.25) is 0 Å². The molecule has 0 saturated carbocycles. The third-order valence-electron chi connectivity index (χ3n) is 6.49. The molecule has 1 aliphatic heterocycles. The maximum atomic E-state index is 6.42. The Morgan fingerprint density at radius 2 is 1.09 bits per heavy atom. The fraction of sp³-hybridized carbons (Fsp3) is 0.394. The standard InChI is InChI=1S/C33H42O2/c1-25(2)15-12-16-26(3)17-13-18-27(4)19-14-20-28(5)33-34-31(29-21-8-6-9-22-29)32(35-33)30-23-10-7-11-24-30/h6-11,15,17,19,21-24,31-33H,5,12-14,16,18,20H2,1-4H3/t31-,32-/m0/s1. The number of rotatable bonds is 12. The molecule has 1 heterocycles. The monoisotopic (exact) mass is 470 g/mol. The van der Waals surface area contributed by atoms with Crippen molar-refractivity contribution in [3.8, 4) is 0 Å². The molecular formula is C33H42O2. The van der Waals surface area contributed by atoms with Crippen LogP contribution in [-0.4, -0.2) is 6.29 Å². The number of allylic oxidation sites excluding steroid dienone is 6. The van der Waals surface area contributed by atoms with Crippen LogP contribution in [0.25, 0.3) is 0 Å². The molecule has 2 aromatic carbocycles. The number of benzene rings is 2. The molecule has 0 radical (unpaired) electrons. The van der Waals surface area contributed by atoms with Crippen molar-refractivity contribution in [1.82, 2.24) is 0 Å². The van der Waals surface area contributed by atoms with Crippen LogP contribution in [0, 0.1) is 0 Å². The van der Waals surface area contributed by atoms with E-state index in [9.17, 15) is 0 Å². The van der Waals surface area contributed by atoms with Gasteiger partial charge in [-0.2, -0.15) is 0 Å². The van der Waals surface area contributed by atoms with E-state index in [4.69, 9.17) is 9.47 Å². The fourth-order valence-electron chi connectivity index (χ4n) is 4.39. The van der Waals surface area contributed by atoms with Crippen molar-refractivity contribution < 1.29 is 9.47 Å². The number of hydrogen-bond donors (Lipinski definition) is 0. The Morgan fingerprint density at radius 3 is 1.54 bits per heavy atom. The van der Waals surface area contributed by atoms with Gasteiger partial charge in [-0.3, -0.25) is 0 Å². The normalized spacial score (nSPS) is 19.1. The highest BCUT2D eigenvalue weighted by molar-refractivity contribution is 5.27. The fourth-order valence-corrected chi connectivity index (χ4v) is 4.39. The van der Waals surface area contributed by atoms with Gasteiger partial charge in [0.1, 0.15) is 12.2 Å². The molecule has 35 heavy (non-hydrogen) atoms. The van der Waals surface area contributed by atoms with Gasteiger partial charge in [0.05, 0.1) is 0 Å². The van der Waals surface area contributed by atoms with E-state index in [0.29, 0.717) is 0 Å². The van der Waals surface area contributed by atoms with Crippen molar-refractivity contribution in [3.63, 3.8) is 0 Å². The van der Waals surface area contributed by atoms with Crippen LogP contribution in [0.1, 0.15) is 89.6 Å². The van der Waals surface area contributed by atoms with Crippen LogP contribution in [0.2, 0.25) is 0 Å². The Balaban J connectivity index is 1.50. The third-order valence-corrected chi connectivity index (χ3v) is 6.49. The molecule has 1 aliphatic rings. The van der Waals surface area contributed by atoms with E-state index < -0.39 is 0 Å². The summed E-state index contributed by atoms with van der Waals surface area (Å²) in [4.78, 5) is 0.